The summed E-state index contributed by atoms with van der Waals surface area (Å²) in [5, 5.41) is 3.30. The summed E-state index contributed by atoms with van der Waals surface area (Å²) in [6.07, 6.45) is 0. The molecule has 0 spiro atoms. The second kappa shape index (κ2) is 6.63. The summed E-state index contributed by atoms with van der Waals surface area (Å²) < 4.78 is 0. The van der Waals surface area contributed by atoms with Crippen molar-refractivity contribution in [2.75, 3.05) is 6.54 Å². The first-order valence-electron chi connectivity index (χ1n) is 7.20. The highest BCUT2D eigenvalue weighted by atomic mass is 16.1. The van der Waals surface area contributed by atoms with Crippen LogP contribution in [0.15, 0.2) is 23.0 Å². The van der Waals surface area contributed by atoms with Crippen molar-refractivity contribution in [3.05, 3.63) is 45.6 Å². The molecule has 112 valence electrons. The lowest BCUT2D eigenvalue weighted by Crippen LogP contribution is -2.21. The molecule has 0 amide bonds. The highest BCUT2D eigenvalue weighted by Gasteiger charge is 2.06. The number of aryl methyl sites for hydroxylation is 2. The molecular weight excluding hydrogens is 264 g/mol. The van der Waals surface area contributed by atoms with E-state index in [-0.39, 0.29) is 5.56 Å². The fraction of sp³-hybridized carbons (Fsp3) is 0.438. The van der Waals surface area contributed by atoms with Gasteiger partial charge in [0.2, 0.25) is 0 Å². The minimum Gasteiger partial charge on any atom is -0.311 e. The van der Waals surface area contributed by atoms with Crippen LogP contribution in [0.4, 0.5) is 0 Å². The van der Waals surface area contributed by atoms with Gasteiger partial charge in [-0.05, 0) is 38.4 Å². The molecule has 2 aromatic rings. The predicted octanol–water partition coefficient (Wildman–Crippen LogP) is 2.19. The molecule has 0 aliphatic heterocycles. The highest BCUT2D eigenvalue weighted by Crippen LogP contribution is 2.15. The minimum atomic E-state index is -0.131. The number of rotatable bonds is 5. The Balaban J connectivity index is 2.28. The summed E-state index contributed by atoms with van der Waals surface area (Å²) in [6, 6.07) is 5.39. The van der Waals surface area contributed by atoms with E-state index < -0.39 is 0 Å². The molecule has 0 aliphatic carbocycles. The molecular formula is C16H22N4O. The lowest BCUT2D eigenvalue weighted by molar-refractivity contribution is 0.548. The van der Waals surface area contributed by atoms with Crippen LogP contribution in [0.1, 0.15) is 30.9 Å². The van der Waals surface area contributed by atoms with Gasteiger partial charge in [0.15, 0.2) is 0 Å². The Hall–Kier alpha value is -2.01. The number of pyridine rings is 1. The Labute approximate surface area is 124 Å². The van der Waals surface area contributed by atoms with Crippen molar-refractivity contribution in [3.63, 3.8) is 0 Å². The molecule has 0 fully saturated rings. The Morgan fingerprint density at radius 3 is 2.43 bits per heavy atom. The number of nitrogens with one attached hydrogen (secondary N) is 2. The van der Waals surface area contributed by atoms with Crippen LogP contribution in [-0.2, 0) is 6.54 Å². The smallest absolute Gasteiger partial charge is 0.251 e. The van der Waals surface area contributed by atoms with E-state index >= 15 is 0 Å². The van der Waals surface area contributed by atoms with Crippen molar-refractivity contribution in [1.29, 1.82) is 0 Å². The van der Waals surface area contributed by atoms with Crippen LogP contribution in [0, 0.1) is 19.8 Å². The first-order chi connectivity index (χ1) is 9.94. The predicted molar refractivity (Wildman–Crippen MR) is 84.1 cm³/mol. The maximum absolute atomic E-state index is 11.8. The monoisotopic (exact) mass is 286 g/mol. The zero-order chi connectivity index (χ0) is 15.4. The number of H-pyrrole nitrogens is 1. The van der Waals surface area contributed by atoms with Crippen LogP contribution >= 0.6 is 0 Å². The maximum atomic E-state index is 11.8. The van der Waals surface area contributed by atoms with E-state index in [0.717, 1.165) is 29.2 Å². The van der Waals surface area contributed by atoms with Gasteiger partial charge in [-0.25, -0.2) is 4.98 Å². The Morgan fingerprint density at radius 1 is 1.14 bits per heavy atom. The van der Waals surface area contributed by atoms with Crippen molar-refractivity contribution in [3.8, 4) is 11.4 Å². The molecule has 0 unspecified atom stereocenters. The number of aromatic amines is 1. The molecule has 21 heavy (non-hydrogen) atoms. The van der Waals surface area contributed by atoms with Crippen LogP contribution in [0.2, 0.25) is 0 Å². The third kappa shape index (κ3) is 4.49. The summed E-state index contributed by atoms with van der Waals surface area (Å²) in [6.45, 7) is 9.65. The molecule has 0 atom stereocenters. The van der Waals surface area contributed by atoms with E-state index in [0.29, 0.717) is 18.3 Å². The largest absolute Gasteiger partial charge is 0.311 e. The zero-order valence-electron chi connectivity index (χ0n) is 13.0. The van der Waals surface area contributed by atoms with Crippen LogP contribution in [0.25, 0.3) is 11.4 Å². The van der Waals surface area contributed by atoms with E-state index in [4.69, 9.17) is 0 Å². The quantitative estimate of drug-likeness (QED) is 0.884. The first-order valence-corrected chi connectivity index (χ1v) is 7.20. The van der Waals surface area contributed by atoms with Crippen molar-refractivity contribution in [2.45, 2.75) is 34.2 Å². The molecule has 2 aromatic heterocycles. The van der Waals surface area contributed by atoms with Gasteiger partial charge >= 0.3 is 0 Å². The fourth-order valence-corrected chi connectivity index (χ4v) is 2.20. The van der Waals surface area contributed by atoms with Gasteiger partial charge in [0.05, 0.1) is 5.69 Å². The summed E-state index contributed by atoms with van der Waals surface area (Å²) in [5.74, 6) is 1.16. The van der Waals surface area contributed by atoms with Crippen LogP contribution in [0.5, 0.6) is 0 Å². The van der Waals surface area contributed by atoms with E-state index in [2.05, 4.69) is 34.1 Å². The first kappa shape index (κ1) is 15.4. The molecule has 2 heterocycles. The normalized spacial score (nSPS) is 11.1. The van der Waals surface area contributed by atoms with Gasteiger partial charge in [-0.2, -0.15) is 0 Å². The summed E-state index contributed by atoms with van der Waals surface area (Å²) >= 11 is 0. The molecule has 2 N–H and O–H groups in total. The van der Waals surface area contributed by atoms with Crippen LogP contribution < -0.4 is 10.9 Å². The number of nitrogens with zero attached hydrogens (tertiary/aromatic N) is 2. The standard InChI is InChI=1S/C16H22N4O/c1-10(2)8-17-9-14-7-15(21)20-16(19-14)13-5-11(3)18-12(4)6-13/h5-7,10,17H,8-9H2,1-4H3,(H,19,20,21). The van der Waals surface area contributed by atoms with Crippen molar-refractivity contribution >= 4 is 0 Å². The number of hydrogen-bond donors (Lipinski definition) is 2. The molecule has 0 saturated carbocycles. The Kier molecular flexibility index (Phi) is 4.85. The highest BCUT2D eigenvalue weighted by molar-refractivity contribution is 5.55. The van der Waals surface area contributed by atoms with Gasteiger partial charge in [-0.15, -0.1) is 0 Å². The fourth-order valence-electron chi connectivity index (χ4n) is 2.20. The second-order valence-corrected chi connectivity index (χ2v) is 5.75. The Morgan fingerprint density at radius 2 is 1.81 bits per heavy atom. The van der Waals surface area contributed by atoms with Gasteiger partial charge in [-0.3, -0.25) is 9.78 Å². The molecule has 5 heteroatoms. The van der Waals surface area contributed by atoms with E-state index in [1.165, 1.54) is 6.07 Å². The van der Waals surface area contributed by atoms with Crippen LogP contribution in [-0.4, -0.2) is 21.5 Å². The van der Waals surface area contributed by atoms with Gasteiger partial charge in [0.1, 0.15) is 5.82 Å². The number of hydrogen-bond acceptors (Lipinski definition) is 4. The van der Waals surface area contributed by atoms with E-state index in [9.17, 15) is 4.79 Å². The lowest BCUT2D eigenvalue weighted by atomic mass is 10.2. The van der Waals surface area contributed by atoms with Crippen molar-refractivity contribution < 1.29 is 0 Å². The summed E-state index contributed by atoms with van der Waals surface area (Å²) in [4.78, 5) is 23.5. The SMILES string of the molecule is Cc1cc(-c2nc(CNCC(C)C)cc(=O)[nH]2)cc(C)n1. The molecule has 0 aromatic carbocycles. The number of aromatic nitrogens is 3. The summed E-state index contributed by atoms with van der Waals surface area (Å²) in [5.41, 5.74) is 3.34. The van der Waals surface area contributed by atoms with Gasteiger partial charge in [0, 0.05) is 29.6 Å². The van der Waals surface area contributed by atoms with E-state index in [1.54, 1.807) is 0 Å². The molecule has 0 aliphatic rings. The van der Waals surface area contributed by atoms with Gasteiger partial charge in [-0.1, -0.05) is 13.8 Å². The average Bonchev–Trinajstić information content (AvgIpc) is 2.36. The maximum Gasteiger partial charge on any atom is 0.251 e. The molecule has 0 radical (unpaired) electrons. The summed E-state index contributed by atoms with van der Waals surface area (Å²) in [7, 11) is 0. The van der Waals surface area contributed by atoms with E-state index in [1.807, 2.05) is 26.0 Å². The zero-order valence-corrected chi connectivity index (χ0v) is 13.0. The molecule has 2 rings (SSSR count). The van der Waals surface area contributed by atoms with Gasteiger partial charge in [0.25, 0.3) is 5.56 Å². The average molecular weight is 286 g/mol. The minimum absolute atomic E-state index is 0.131. The molecule has 5 nitrogen and oxygen atoms in total. The molecule has 0 bridgehead atoms. The van der Waals surface area contributed by atoms with Crippen molar-refractivity contribution in [2.24, 2.45) is 5.92 Å². The van der Waals surface area contributed by atoms with Crippen molar-refractivity contribution in [1.82, 2.24) is 20.3 Å². The third-order valence-corrected chi connectivity index (χ3v) is 3.01. The molecule has 0 saturated heterocycles. The third-order valence-electron chi connectivity index (χ3n) is 3.01. The Bertz CT molecular complexity index is 656. The topological polar surface area (TPSA) is 70.7 Å². The second-order valence-electron chi connectivity index (χ2n) is 5.75. The lowest BCUT2D eigenvalue weighted by Gasteiger charge is -2.08. The van der Waals surface area contributed by atoms with Crippen LogP contribution in [0.3, 0.4) is 0 Å². The van der Waals surface area contributed by atoms with Gasteiger partial charge < -0.3 is 10.3 Å².